The van der Waals surface area contributed by atoms with Gasteiger partial charge in [-0.3, -0.25) is 4.79 Å². The van der Waals surface area contributed by atoms with Gasteiger partial charge in [-0.25, -0.2) is 0 Å². The van der Waals surface area contributed by atoms with Gasteiger partial charge in [0.15, 0.2) is 0 Å². The summed E-state index contributed by atoms with van der Waals surface area (Å²) in [6.45, 7) is 7.59. The van der Waals surface area contributed by atoms with Gasteiger partial charge in [-0.15, -0.1) is 0 Å². The summed E-state index contributed by atoms with van der Waals surface area (Å²) in [5, 5.41) is 2.84. The molecule has 1 unspecified atom stereocenters. The fourth-order valence-electron chi connectivity index (χ4n) is 2.07. The van der Waals surface area contributed by atoms with Crippen molar-refractivity contribution >= 4 is 5.91 Å². The topological polar surface area (TPSA) is 73.6 Å². The Morgan fingerprint density at radius 2 is 2.05 bits per heavy atom. The van der Waals surface area contributed by atoms with Crippen molar-refractivity contribution < 1.29 is 14.3 Å². The zero-order chi connectivity index (χ0) is 14.1. The lowest BCUT2D eigenvalue weighted by molar-refractivity contribution is -0.124. The summed E-state index contributed by atoms with van der Waals surface area (Å²) >= 11 is 0. The quantitative estimate of drug-likeness (QED) is 0.644. The molecule has 1 fully saturated rings. The Morgan fingerprint density at radius 1 is 1.37 bits per heavy atom. The first kappa shape index (κ1) is 16.4. The van der Waals surface area contributed by atoms with Crippen LogP contribution in [0.2, 0.25) is 0 Å². The molecule has 112 valence electrons. The lowest BCUT2D eigenvalue weighted by atomic mass is 9.92. The van der Waals surface area contributed by atoms with E-state index in [1.165, 1.54) is 0 Å². The van der Waals surface area contributed by atoms with Gasteiger partial charge in [0.1, 0.15) is 0 Å². The number of rotatable bonds is 8. The Bertz CT molecular complexity index is 253. The van der Waals surface area contributed by atoms with Gasteiger partial charge < -0.3 is 20.5 Å². The molecule has 3 N–H and O–H groups in total. The van der Waals surface area contributed by atoms with Gasteiger partial charge in [0.25, 0.3) is 0 Å². The Balaban J connectivity index is 2.06. The number of ether oxygens (including phenoxy) is 2. The molecule has 0 aromatic heterocycles. The molecule has 1 aliphatic heterocycles. The molecule has 5 heteroatoms. The number of hydrogen-bond donors (Lipinski definition) is 2. The van der Waals surface area contributed by atoms with Gasteiger partial charge >= 0.3 is 0 Å². The molecule has 0 bridgehead atoms. The number of carbonyl (C=O) groups is 1. The molecule has 1 aliphatic rings. The van der Waals surface area contributed by atoms with Crippen molar-refractivity contribution in [3.05, 3.63) is 0 Å². The average molecular weight is 272 g/mol. The van der Waals surface area contributed by atoms with Crippen molar-refractivity contribution in [1.82, 2.24) is 5.32 Å². The Labute approximate surface area is 116 Å². The minimum absolute atomic E-state index is 0.0700. The summed E-state index contributed by atoms with van der Waals surface area (Å²) in [5.74, 6) is 0.825. The van der Waals surface area contributed by atoms with E-state index in [1.54, 1.807) is 0 Å². The van der Waals surface area contributed by atoms with Crippen LogP contribution in [0.5, 0.6) is 0 Å². The number of carbonyl (C=O) groups excluding carboxylic acids is 1. The van der Waals surface area contributed by atoms with Gasteiger partial charge in [-0.2, -0.15) is 0 Å². The third-order valence-electron chi connectivity index (χ3n) is 3.46. The average Bonchev–Trinajstić information content (AvgIpc) is 2.42. The molecule has 1 amide bonds. The highest BCUT2D eigenvalue weighted by atomic mass is 16.5. The van der Waals surface area contributed by atoms with Crippen molar-refractivity contribution in [2.45, 2.75) is 39.2 Å². The Hall–Kier alpha value is -0.650. The van der Waals surface area contributed by atoms with Crippen LogP contribution in [0.4, 0.5) is 0 Å². The maximum absolute atomic E-state index is 11.9. The summed E-state index contributed by atoms with van der Waals surface area (Å²) in [6, 6.07) is -0.417. The SMILES string of the molecule is CC(C)CCOCCNC(=O)C(N)C1CCOCC1. The Morgan fingerprint density at radius 3 is 2.68 bits per heavy atom. The predicted molar refractivity (Wildman–Crippen MR) is 74.8 cm³/mol. The van der Waals surface area contributed by atoms with Crippen LogP contribution in [0.1, 0.15) is 33.1 Å². The molecule has 0 saturated carbocycles. The highest BCUT2D eigenvalue weighted by Gasteiger charge is 2.26. The first-order chi connectivity index (χ1) is 9.11. The largest absolute Gasteiger partial charge is 0.381 e. The number of amides is 1. The van der Waals surface area contributed by atoms with E-state index in [4.69, 9.17) is 15.2 Å². The number of hydrogen-bond acceptors (Lipinski definition) is 4. The molecule has 0 spiro atoms. The standard InChI is InChI=1S/C14H28N2O3/c1-11(2)3-7-19-10-6-16-14(17)13(15)12-4-8-18-9-5-12/h11-13H,3-10,15H2,1-2H3,(H,16,17). The van der Waals surface area contributed by atoms with Gasteiger partial charge in [-0.05, 0) is 31.1 Å². The molecule has 0 aromatic carbocycles. The highest BCUT2D eigenvalue weighted by molar-refractivity contribution is 5.81. The van der Waals surface area contributed by atoms with Crippen LogP contribution in [0.3, 0.4) is 0 Å². The molecule has 5 nitrogen and oxygen atoms in total. The van der Waals surface area contributed by atoms with Crippen molar-refractivity contribution in [3.63, 3.8) is 0 Å². The molecule has 19 heavy (non-hydrogen) atoms. The molecule has 0 aromatic rings. The molecular weight excluding hydrogens is 244 g/mol. The third kappa shape index (κ3) is 6.89. The van der Waals surface area contributed by atoms with E-state index in [0.29, 0.717) is 32.3 Å². The fraction of sp³-hybridized carbons (Fsp3) is 0.929. The van der Waals surface area contributed by atoms with Crippen molar-refractivity contribution in [1.29, 1.82) is 0 Å². The van der Waals surface area contributed by atoms with E-state index in [2.05, 4.69) is 19.2 Å². The van der Waals surface area contributed by atoms with E-state index in [1.807, 2.05) is 0 Å². The molecule has 0 radical (unpaired) electrons. The van der Waals surface area contributed by atoms with E-state index < -0.39 is 6.04 Å². The minimum atomic E-state index is -0.417. The zero-order valence-electron chi connectivity index (χ0n) is 12.2. The summed E-state index contributed by atoms with van der Waals surface area (Å²) in [5.41, 5.74) is 5.96. The molecule has 1 rings (SSSR count). The van der Waals surface area contributed by atoms with E-state index in [0.717, 1.165) is 25.9 Å². The van der Waals surface area contributed by atoms with Gasteiger partial charge in [0.2, 0.25) is 5.91 Å². The smallest absolute Gasteiger partial charge is 0.237 e. The maximum Gasteiger partial charge on any atom is 0.237 e. The third-order valence-corrected chi connectivity index (χ3v) is 3.46. The summed E-state index contributed by atoms with van der Waals surface area (Å²) in [6.07, 6.45) is 2.80. The van der Waals surface area contributed by atoms with Crippen molar-refractivity contribution in [3.8, 4) is 0 Å². The van der Waals surface area contributed by atoms with E-state index >= 15 is 0 Å². The summed E-state index contributed by atoms with van der Waals surface area (Å²) in [4.78, 5) is 11.9. The van der Waals surface area contributed by atoms with Crippen LogP contribution in [0.15, 0.2) is 0 Å². The second kappa shape index (κ2) is 9.28. The molecule has 1 atom stereocenters. The van der Waals surface area contributed by atoms with E-state index in [-0.39, 0.29) is 11.8 Å². The van der Waals surface area contributed by atoms with Crippen molar-refractivity contribution in [2.24, 2.45) is 17.6 Å². The fourth-order valence-corrected chi connectivity index (χ4v) is 2.07. The highest BCUT2D eigenvalue weighted by Crippen LogP contribution is 2.17. The van der Waals surface area contributed by atoms with Gasteiger partial charge in [0, 0.05) is 26.4 Å². The molecule has 0 aliphatic carbocycles. The lowest BCUT2D eigenvalue weighted by Crippen LogP contribution is -2.47. The number of nitrogens with two attached hydrogens (primary N) is 1. The zero-order valence-corrected chi connectivity index (χ0v) is 12.2. The van der Waals surface area contributed by atoms with Crippen LogP contribution in [0, 0.1) is 11.8 Å². The number of nitrogens with one attached hydrogen (secondary N) is 1. The molecule has 1 saturated heterocycles. The van der Waals surface area contributed by atoms with Crippen LogP contribution in [-0.2, 0) is 14.3 Å². The van der Waals surface area contributed by atoms with Crippen LogP contribution >= 0.6 is 0 Å². The first-order valence-corrected chi connectivity index (χ1v) is 7.30. The predicted octanol–water partition coefficient (Wildman–Crippen LogP) is 0.919. The van der Waals surface area contributed by atoms with Crippen LogP contribution in [-0.4, -0.2) is 44.9 Å². The second-order valence-electron chi connectivity index (χ2n) is 5.56. The monoisotopic (exact) mass is 272 g/mol. The molecular formula is C14H28N2O3. The van der Waals surface area contributed by atoms with Crippen molar-refractivity contribution in [2.75, 3.05) is 33.0 Å². The summed E-state index contributed by atoms with van der Waals surface area (Å²) in [7, 11) is 0. The van der Waals surface area contributed by atoms with Gasteiger partial charge in [0.05, 0.1) is 12.6 Å². The summed E-state index contributed by atoms with van der Waals surface area (Å²) < 4.78 is 10.7. The van der Waals surface area contributed by atoms with Crippen LogP contribution in [0.25, 0.3) is 0 Å². The Kier molecular flexibility index (Phi) is 8.02. The van der Waals surface area contributed by atoms with E-state index in [9.17, 15) is 4.79 Å². The molecule has 1 heterocycles. The normalized spacial score (nSPS) is 18.5. The second-order valence-corrected chi connectivity index (χ2v) is 5.56. The maximum atomic E-state index is 11.9. The minimum Gasteiger partial charge on any atom is -0.381 e. The van der Waals surface area contributed by atoms with Gasteiger partial charge in [-0.1, -0.05) is 13.8 Å². The van der Waals surface area contributed by atoms with Crippen LogP contribution < -0.4 is 11.1 Å². The lowest BCUT2D eigenvalue weighted by Gasteiger charge is -2.26. The first-order valence-electron chi connectivity index (χ1n) is 7.30.